The number of aliphatic hydroxyl groups is 1. The van der Waals surface area contributed by atoms with Gasteiger partial charge in [0.15, 0.2) is 0 Å². The van der Waals surface area contributed by atoms with Crippen molar-refractivity contribution in [3.63, 3.8) is 0 Å². The Hall–Kier alpha value is -3.32. The van der Waals surface area contributed by atoms with Crippen LogP contribution in [0, 0.1) is 0 Å². The quantitative estimate of drug-likeness (QED) is 0.383. The summed E-state index contributed by atoms with van der Waals surface area (Å²) in [4.78, 5) is 35.3. The molecule has 138 valence electrons. The van der Waals surface area contributed by atoms with E-state index in [1.165, 1.54) is 17.3 Å². The van der Waals surface area contributed by atoms with Gasteiger partial charge < -0.3 is 5.11 Å². The highest BCUT2D eigenvalue weighted by molar-refractivity contribution is 9.10. The number of carbonyl (C=O) groups excluding carboxylic acids is 2. The van der Waals surface area contributed by atoms with E-state index >= 15 is 0 Å². The van der Waals surface area contributed by atoms with E-state index in [1.807, 2.05) is 6.07 Å². The molecule has 3 aromatic rings. The lowest BCUT2D eigenvalue weighted by atomic mass is 9.96. The summed E-state index contributed by atoms with van der Waals surface area (Å²) in [5.74, 6) is -1.70. The molecule has 1 N–H and O–H groups in total. The summed E-state index contributed by atoms with van der Waals surface area (Å²) in [6.07, 6.45) is 6.22. The lowest BCUT2D eigenvalue weighted by molar-refractivity contribution is -0.132. The summed E-state index contributed by atoms with van der Waals surface area (Å²) < 4.78 is 0.769. The summed E-state index contributed by atoms with van der Waals surface area (Å²) in [6, 6.07) is 13.0. The number of amides is 1. The van der Waals surface area contributed by atoms with Crippen molar-refractivity contribution in [2.75, 3.05) is 4.90 Å². The van der Waals surface area contributed by atoms with Crippen molar-refractivity contribution in [2.24, 2.45) is 0 Å². The Morgan fingerprint density at radius 1 is 1.00 bits per heavy atom. The Labute approximate surface area is 169 Å². The zero-order chi connectivity index (χ0) is 19.7. The highest BCUT2D eigenvalue weighted by atomic mass is 79.9. The maximum absolute atomic E-state index is 12.9. The molecule has 0 spiro atoms. The Kier molecular flexibility index (Phi) is 4.75. The number of aromatic nitrogens is 2. The minimum absolute atomic E-state index is 0.0178. The third kappa shape index (κ3) is 3.10. The summed E-state index contributed by atoms with van der Waals surface area (Å²) in [5, 5.41) is 10.9. The van der Waals surface area contributed by atoms with Gasteiger partial charge in [0.05, 0.1) is 11.6 Å². The first kappa shape index (κ1) is 18.1. The average molecular weight is 436 g/mol. The molecule has 0 aliphatic carbocycles. The Balaban J connectivity index is 1.95. The van der Waals surface area contributed by atoms with Crippen LogP contribution < -0.4 is 4.90 Å². The third-order valence-electron chi connectivity index (χ3n) is 4.48. The van der Waals surface area contributed by atoms with Gasteiger partial charge >= 0.3 is 0 Å². The number of aliphatic hydroxyl groups excluding tert-OH is 1. The molecule has 6 nitrogen and oxygen atoms in total. The van der Waals surface area contributed by atoms with Crippen molar-refractivity contribution >= 4 is 39.1 Å². The van der Waals surface area contributed by atoms with Crippen molar-refractivity contribution in [1.29, 1.82) is 0 Å². The summed E-state index contributed by atoms with van der Waals surface area (Å²) >= 11 is 3.40. The maximum atomic E-state index is 12.9. The molecular formula is C21H14BrN3O3. The van der Waals surface area contributed by atoms with Crippen molar-refractivity contribution in [2.45, 2.75) is 6.04 Å². The topological polar surface area (TPSA) is 83.4 Å². The highest BCUT2D eigenvalue weighted by Crippen LogP contribution is 2.42. The largest absolute Gasteiger partial charge is 0.507 e. The van der Waals surface area contributed by atoms with Crippen LogP contribution in [0.1, 0.15) is 17.2 Å². The van der Waals surface area contributed by atoms with E-state index in [0.717, 1.165) is 4.47 Å². The smallest absolute Gasteiger partial charge is 0.300 e. The predicted molar refractivity (Wildman–Crippen MR) is 107 cm³/mol. The SMILES string of the molecule is O=C1C(=O)N(c2cccc(Br)c2)C(c2cccnc2)/C1=C(\O)c1ccncc1. The molecule has 7 heteroatoms. The molecule has 4 rings (SSSR count). The molecule has 1 amide bonds. The second-order valence-electron chi connectivity index (χ2n) is 6.17. The number of carbonyl (C=O) groups is 2. The summed E-state index contributed by atoms with van der Waals surface area (Å²) in [6.45, 7) is 0. The second kappa shape index (κ2) is 7.36. The number of anilines is 1. The van der Waals surface area contributed by atoms with Crippen LogP contribution in [0.4, 0.5) is 5.69 Å². The molecule has 3 heterocycles. The van der Waals surface area contributed by atoms with E-state index in [4.69, 9.17) is 0 Å². The lowest BCUT2D eigenvalue weighted by Gasteiger charge is -2.25. The van der Waals surface area contributed by atoms with Gasteiger partial charge in [-0.2, -0.15) is 0 Å². The van der Waals surface area contributed by atoms with Crippen LogP contribution in [0.3, 0.4) is 0 Å². The van der Waals surface area contributed by atoms with E-state index in [2.05, 4.69) is 25.9 Å². The van der Waals surface area contributed by atoms with Gasteiger partial charge in [-0.05, 0) is 42.0 Å². The number of halogens is 1. The van der Waals surface area contributed by atoms with Crippen LogP contribution in [0.15, 0.2) is 83.4 Å². The first-order valence-electron chi connectivity index (χ1n) is 8.45. The number of hydrogen-bond acceptors (Lipinski definition) is 5. The molecule has 1 fully saturated rings. The van der Waals surface area contributed by atoms with Crippen LogP contribution in [0.2, 0.25) is 0 Å². The van der Waals surface area contributed by atoms with Gasteiger partial charge in [0.2, 0.25) is 0 Å². The van der Waals surface area contributed by atoms with Crippen molar-refractivity contribution < 1.29 is 14.7 Å². The number of hydrogen-bond donors (Lipinski definition) is 1. The maximum Gasteiger partial charge on any atom is 0.300 e. The van der Waals surface area contributed by atoms with Gasteiger partial charge in [0.25, 0.3) is 11.7 Å². The fraction of sp³-hybridized carbons (Fsp3) is 0.0476. The first-order valence-corrected chi connectivity index (χ1v) is 9.24. The first-order chi connectivity index (χ1) is 13.6. The van der Waals surface area contributed by atoms with E-state index in [-0.39, 0.29) is 11.3 Å². The molecule has 1 saturated heterocycles. The summed E-state index contributed by atoms with van der Waals surface area (Å²) in [5.41, 5.74) is 1.59. The number of rotatable bonds is 3. The van der Waals surface area contributed by atoms with Gasteiger partial charge in [0, 0.05) is 40.5 Å². The molecule has 28 heavy (non-hydrogen) atoms. The standard InChI is InChI=1S/C21H14BrN3O3/c22-15-4-1-5-16(11-15)25-18(14-3-2-8-24-12-14)17(20(27)21(25)28)19(26)13-6-9-23-10-7-13/h1-12,18,26H/b19-17+. The van der Waals surface area contributed by atoms with Gasteiger partial charge in [-0.3, -0.25) is 24.5 Å². The Morgan fingerprint density at radius 2 is 1.79 bits per heavy atom. The van der Waals surface area contributed by atoms with Crippen LogP contribution in [0.25, 0.3) is 5.76 Å². The summed E-state index contributed by atoms with van der Waals surface area (Å²) in [7, 11) is 0. The number of ketones is 1. The van der Waals surface area contributed by atoms with Crippen LogP contribution in [-0.2, 0) is 9.59 Å². The van der Waals surface area contributed by atoms with Gasteiger partial charge in [-0.25, -0.2) is 0 Å². The van der Waals surface area contributed by atoms with Crippen molar-refractivity contribution in [1.82, 2.24) is 9.97 Å². The van der Waals surface area contributed by atoms with E-state index in [1.54, 1.807) is 54.9 Å². The third-order valence-corrected chi connectivity index (χ3v) is 4.98. The number of benzene rings is 1. The monoisotopic (exact) mass is 435 g/mol. The fourth-order valence-electron chi connectivity index (χ4n) is 3.24. The average Bonchev–Trinajstić information content (AvgIpc) is 3.00. The van der Waals surface area contributed by atoms with Crippen LogP contribution in [-0.4, -0.2) is 26.8 Å². The highest BCUT2D eigenvalue weighted by Gasteiger charge is 2.47. The molecule has 0 radical (unpaired) electrons. The van der Waals surface area contributed by atoms with Gasteiger partial charge in [-0.15, -0.1) is 0 Å². The minimum Gasteiger partial charge on any atom is -0.507 e. The molecule has 1 unspecified atom stereocenters. The molecule has 1 atom stereocenters. The van der Waals surface area contributed by atoms with Crippen molar-refractivity contribution in [3.05, 3.63) is 94.5 Å². The normalized spacial score (nSPS) is 18.5. The van der Waals surface area contributed by atoms with Crippen molar-refractivity contribution in [3.8, 4) is 0 Å². The van der Waals surface area contributed by atoms with Gasteiger partial charge in [-0.1, -0.05) is 28.1 Å². The Bertz CT molecular complexity index is 1080. The Morgan fingerprint density at radius 3 is 2.46 bits per heavy atom. The second-order valence-corrected chi connectivity index (χ2v) is 7.09. The number of nitrogens with zero attached hydrogens (tertiary/aromatic N) is 3. The fourth-order valence-corrected chi connectivity index (χ4v) is 3.63. The molecular weight excluding hydrogens is 422 g/mol. The zero-order valence-electron chi connectivity index (χ0n) is 14.5. The van der Waals surface area contributed by atoms with Crippen LogP contribution in [0.5, 0.6) is 0 Å². The molecule has 0 bridgehead atoms. The molecule has 1 aliphatic heterocycles. The van der Waals surface area contributed by atoms with E-state index < -0.39 is 17.7 Å². The zero-order valence-corrected chi connectivity index (χ0v) is 16.1. The van der Waals surface area contributed by atoms with Gasteiger partial charge in [0.1, 0.15) is 5.76 Å². The molecule has 1 aliphatic rings. The lowest BCUT2D eigenvalue weighted by Crippen LogP contribution is -2.29. The predicted octanol–water partition coefficient (Wildman–Crippen LogP) is 3.87. The number of pyridine rings is 2. The van der Waals surface area contributed by atoms with Crippen LogP contribution >= 0.6 is 15.9 Å². The number of Topliss-reactive ketones (excluding diaryl/α,β-unsaturated/α-hetero) is 1. The van der Waals surface area contributed by atoms with E-state index in [9.17, 15) is 14.7 Å². The molecule has 1 aromatic carbocycles. The molecule has 0 saturated carbocycles. The van der Waals surface area contributed by atoms with E-state index in [0.29, 0.717) is 16.8 Å². The molecule has 2 aromatic heterocycles. The minimum atomic E-state index is -0.795.